The molecule has 0 aromatic rings. The lowest BCUT2D eigenvalue weighted by Gasteiger charge is -2.29. The molecule has 1 amide bonds. The first-order valence-electron chi connectivity index (χ1n) is 7.11. The molecule has 0 radical (unpaired) electrons. The van der Waals surface area contributed by atoms with Gasteiger partial charge in [-0.2, -0.15) is 0 Å². The number of sulfonamides is 1. The summed E-state index contributed by atoms with van der Waals surface area (Å²) in [5.41, 5.74) is 0. The van der Waals surface area contributed by atoms with Crippen LogP contribution >= 0.6 is 0 Å². The summed E-state index contributed by atoms with van der Waals surface area (Å²) < 4.78 is 24.2. The second-order valence-electron chi connectivity index (χ2n) is 5.96. The van der Waals surface area contributed by atoms with E-state index in [0.29, 0.717) is 38.3 Å². The Morgan fingerprint density at radius 2 is 1.90 bits per heavy atom. The molecule has 1 aliphatic heterocycles. The molecule has 118 valence electrons. The van der Waals surface area contributed by atoms with E-state index in [1.807, 2.05) is 13.8 Å². The first-order chi connectivity index (χ1) is 9.20. The highest BCUT2D eigenvalue weighted by molar-refractivity contribution is 7.88. The minimum atomic E-state index is -3.15. The molecule has 6 nitrogen and oxygen atoms in total. The standard InChI is InChI=1S/C13H26N2O4S/c1-10(2)8-12(16)9-14-13(17)11-4-6-15(7-5-11)20(3,18)19/h10-12,16H,4-9H2,1-3H3,(H,14,17). The largest absolute Gasteiger partial charge is 0.391 e. The maximum Gasteiger partial charge on any atom is 0.223 e. The number of aliphatic hydroxyl groups excluding tert-OH is 1. The van der Waals surface area contributed by atoms with Crippen molar-refractivity contribution in [3.05, 3.63) is 0 Å². The zero-order chi connectivity index (χ0) is 15.3. The van der Waals surface area contributed by atoms with Crippen molar-refractivity contribution in [2.24, 2.45) is 11.8 Å². The number of aliphatic hydroxyl groups is 1. The molecule has 7 heteroatoms. The van der Waals surface area contributed by atoms with E-state index in [-0.39, 0.29) is 18.4 Å². The third kappa shape index (κ3) is 5.76. The third-order valence-corrected chi connectivity index (χ3v) is 4.85. The number of hydrogen-bond acceptors (Lipinski definition) is 4. The van der Waals surface area contributed by atoms with Crippen LogP contribution in [-0.4, -0.2) is 55.7 Å². The fourth-order valence-electron chi connectivity index (χ4n) is 2.44. The predicted molar refractivity (Wildman–Crippen MR) is 77.6 cm³/mol. The Labute approximate surface area is 121 Å². The van der Waals surface area contributed by atoms with Gasteiger partial charge in [0.1, 0.15) is 0 Å². The number of carbonyl (C=O) groups is 1. The van der Waals surface area contributed by atoms with Crippen molar-refractivity contribution in [2.45, 2.75) is 39.2 Å². The zero-order valence-corrected chi connectivity index (χ0v) is 13.3. The zero-order valence-electron chi connectivity index (χ0n) is 12.5. The first kappa shape index (κ1) is 17.4. The summed E-state index contributed by atoms with van der Waals surface area (Å²) in [5.74, 6) is 0.153. The van der Waals surface area contributed by atoms with Gasteiger partial charge in [-0.05, 0) is 25.2 Å². The number of piperidine rings is 1. The lowest BCUT2D eigenvalue weighted by atomic mass is 9.97. The van der Waals surface area contributed by atoms with Crippen molar-refractivity contribution in [3.63, 3.8) is 0 Å². The van der Waals surface area contributed by atoms with E-state index in [1.54, 1.807) is 0 Å². The summed E-state index contributed by atoms with van der Waals surface area (Å²) in [6, 6.07) is 0. The molecule has 1 unspecified atom stereocenters. The number of amides is 1. The Balaban J connectivity index is 2.33. The van der Waals surface area contributed by atoms with Crippen LogP contribution in [0.3, 0.4) is 0 Å². The monoisotopic (exact) mass is 306 g/mol. The van der Waals surface area contributed by atoms with Crippen molar-refractivity contribution >= 4 is 15.9 Å². The number of rotatable bonds is 6. The summed E-state index contributed by atoms with van der Waals surface area (Å²) >= 11 is 0. The van der Waals surface area contributed by atoms with Gasteiger partial charge in [-0.15, -0.1) is 0 Å². The second kappa shape index (κ2) is 7.38. The topological polar surface area (TPSA) is 86.7 Å². The predicted octanol–water partition coefficient (Wildman–Crippen LogP) is 0.181. The van der Waals surface area contributed by atoms with Crippen molar-refractivity contribution in [2.75, 3.05) is 25.9 Å². The highest BCUT2D eigenvalue weighted by Gasteiger charge is 2.28. The van der Waals surface area contributed by atoms with Crippen molar-refractivity contribution in [1.82, 2.24) is 9.62 Å². The molecule has 0 saturated carbocycles. The smallest absolute Gasteiger partial charge is 0.223 e. The molecule has 0 spiro atoms. The van der Waals surface area contributed by atoms with Crippen LogP contribution in [0.2, 0.25) is 0 Å². The Hall–Kier alpha value is -0.660. The highest BCUT2D eigenvalue weighted by Crippen LogP contribution is 2.19. The fourth-order valence-corrected chi connectivity index (χ4v) is 3.31. The molecule has 1 atom stereocenters. The highest BCUT2D eigenvalue weighted by atomic mass is 32.2. The molecule has 1 aliphatic rings. The van der Waals surface area contributed by atoms with Crippen LogP contribution in [0.5, 0.6) is 0 Å². The molecule has 2 N–H and O–H groups in total. The Morgan fingerprint density at radius 1 is 1.35 bits per heavy atom. The van der Waals surface area contributed by atoms with E-state index in [0.717, 1.165) is 0 Å². The third-order valence-electron chi connectivity index (χ3n) is 3.55. The first-order valence-corrected chi connectivity index (χ1v) is 8.96. The van der Waals surface area contributed by atoms with E-state index in [1.165, 1.54) is 10.6 Å². The maximum absolute atomic E-state index is 12.0. The summed E-state index contributed by atoms with van der Waals surface area (Å²) in [5, 5.41) is 12.5. The van der Waals surface area contributed by atoms with Crippen LogP contribution < -0.4 is 5.32 Å². The quantitative estimate of drug-likeness (QED) is 0.733. The van der Waals surface area contributed by atoms with Gasteiger partial charge in [0.15, 0.2) is 0 Å². The van der Waals surface area contributed by atoms with Crippen molar-refractivity contribution in [3.8, 4) is 0 Å². The molecule has 0 bridgehead atoms. The van der Waals surface area contributed by atoms with Gasteiger partial charge in [0.05, 0.1) is 12.4 Å². The van der Waals surface area contributed by atoms with Gasteiger partial charge in [0.2, 0.25) is 15.9 Å². The van der Waals surface area contributed by atoms with Crippen LogP contribution in [0.1, 0.15) is 33.1 Å². The summed E-state index contributed by atoms with van der Waals surface area (Å²) in [6.45, 7) is 5.10. The van der Waals surface area contributed by atoms with Gasteiger partial charge in [0.25, 0.3) is 0 Å². The molecule has 0 aromatic heterocycles. The van der Waals surface area contributed by atoms with E-state index < -0.39 is 16.1 Å². The molecule has 1 heterocycles. The normalized spacial score (nSPS) is 20.1. The number of nitrogens with one attached hydrogen (secondary N) is 1. The molecule has 1 rings (SSSR count). The van der Waals surface area contributed by atoms with Crippen molar-refractivity contribution in [1.29, 1.82) is 0 Å². The van der Waals surface area contributed by atoms with Crippen molar-refractivity contribution < 1.29 is 18.3 Å². The van der Waals surface area contributed by atoms with E-state index in [9.17, 15) is 18.3 Å². The fraction of sp³-hybridized carbons (Fsp3) is 0.923. The molecule has 0 aliphatic carbocycles. The Bertz CT molecular complexity index is 414. The van der Waals surface area contributed by atoms with Crippen LogP contribution in [-0.2, 0) is 14.8 Å². The SMILES string of the molecule is CC(C)CC(O)CNC(=O)C1CCN(S(C)(=O)=O)CC1. The van der Waals surface area contributed by atoms with Crippen LogP contribution in [0.25, 0.3) is 0 Å². The Morgan fingerprint density at radius 3 is 2.35 bits per heavy atom. The number of hydrogen-bond donors (Lipinski definition) is 2. The second-order valence-corrected chi connectivity index (χ2v) is 7.95. The van der Waals surface area contributed by atoms with Gasteiger partial charge in [-0.25, -0.2) is 12.7 Å². The lowest BCUT2D eigenvalue weighted by molar-refractivity contribution is -0.126. The van der Waals surface area contributed by atoms with Gasteiger partial charge in [0, 0.05) is 25.6 Å². The van der Waals surface area contributed by atoms with Gasteiger partial charge < -0.3 is 10.4 Å². The summed E-state index contributed by atoms with van der Waals surface area (Å²) in [6.07, 6.45) is 2.41. The van der Waals surface area contributed by atoms with Gasteiger partial charge >= 0.3 is 0 Å². The molecule has 0 aromatic carbocycles. The molecule has 1 fully saturated rings. The minimum absolute atomic E-state index is 0.0824. The van der Waals surface area contributed by atoms with E-state index in [4.69, 9.17) is 0 Å². The Kier molecular flexibility index (Phi) is 6.42. The average molecular weight is 306 g/mol. The number of nitrogens with zero attached hydrogens (tertiary/aromatic N) is 1. The number of carbonyl (C=O) groups excluding carboxylic acids is 1. The minimum Gasteiger partial charge on any atom is -0.391 e. The average Bonchev–Trinajstić information content (AvgIpc) is 2.34. The van der Waals surface area contributed by atoms with Crippen LogP contribution in [0.15, 0.2) is 0 Å². The summed E-state index contributed by atoms with van der Waals surface area (Å²) in [4.78, 5) is 12.0. The van der Waals surface area contributed by atoms with Gasteiger partial charge in [-0.3, -0.25) is 4.79 Å². The van der Waals surface area contributed by atoms with Crippen LogP contribution in [0, 0.1) is 11.8 Å². The lowest BCUT2D eigenvalue weighted by Crippen LogP contribution is -2.44. The van der Waals surface area contributed by atoms with Crippen LogP contribution in [0.4, 0.5) is 0 Å². The molecular formula is C13H26N2O4S. The molecular weight excluding hydrogens is 280 g/mol. The molecule has 20 heavy (non-hydrogen) atoms. The van der Waals surface area contributed by atoms with E-state index in [2.05, 4.69) is 5.32 Å². The van der Waals surface area contributed by atoms with Gasteiger partial charge in [-0.1, -0.05) is 13.8 Å². The molecule has 1 saturated heterocycles. The maximum atomic E-state index is 12.0. The summed E-state index contributed by atoms with van der Waals surface area (Å²) in [7, 11) is -3.15. The van der Waals surface area contributed by atoms with E-state index >= 15 is 0 Å².